The van der Waals surface area contributed by atoms with E-state index in [4.69, 9.17) is 4.74 Å². The van der Waals surface area contributed by atoms with Crippen LogP contribution in [0.25, 0.3) is 11.4 Å². The molecule has 0 N–H and O–H groups in total. The third-order valence-corrected chi connectivity index (χ3v) is 7.05. The van der Waals surface area contributed by atoms with Gasteiger partial charge in [0.1, 0.15) is 5.82 Å². The Labute approximate surface area is 203 Å². The summed E-state index contributed by atoms with van der Waals surface area (Å²) >= 11 is 1.39. The van der Waals surface area contributed by atoms with Crippen LogP contribution in [0.5, 0.6) is 0 Å². The zero-order valence-corrected chi connectivity index (χ0v) is 20.2. The van der Waals surface area contributed by atoms with E-state index in [0.29, 0.717) is 24.9 Å². The minimum absolute atomic E-state index is 0.0629. The van der Waals surface area contributed by atoms with E-state index in [2.05, 4.69) is 15.2 Å². The molecule has 0 unspecified atom stereocenters. The monoisotopic (exact) mass is 483 g/mol. The maximum absolute atomic E-state index is 13.4. The number of rotatable bonds is 10. The van der Waals surface area contributed by atoms with Crippen molar-refractivity contribution in [2.75, 3.05) is 19.5 Å². The first kappa shape index (κ1) is 24.3. The number of ether oxygens (including phenoxy) is 1. The van der Waals surface area contributed by atoms with E-state index in [-0.39, 0.29) is 23.5 Å². The second-order valence-corrected chi connectivity index (χ2v) is 9.36. The van der Waals surface area contributed by atoms with E-state index < -0.39 is 0 Å². The van der Waals surface area contributed by atoms with Gasteiger partial charge in [-0.25, -0.2) is 4.39 Å². The van der Waals surface area contributed by atoms with E-state index in [1.54, 1.807) is 31.6 Å². The Bertz CT molecular complexity index is 1050. The van der Waals surface area contributed by atoms with Gasteiger partial charge in [-0.05, 0) is 42.7 Å². The Hall–Kier alpha value is -2.78. The van der Waals surface area contributed by atoms with Gasteiger partial charge in [0.15, 0.2) is 11.0 Å². The number of benzene rings is 1. The quantitative estimate of drug-likeness (QED) is 0.393. The lowest BCUT2D eigenvalue weighted by Gasteiger charge is -2.34. The number of amides is 1. The molecule has 0 aliphatic heterocycles. The van der Waals surface area contributed by atoms with E-state index in [0.717, 1.165) is 42.6 Å². The molecule has 1 aliphatic rings. The predicted molar refractivity (Wildman–Crippen MR) is 130 cm³/mol. The number of aromatic nitrogens is 4. The van der Waals surface area contributed by atoms with E-state index in [9.17, 15) is 9.18 Å². The summed E-state index contributed by atoms with van der Waals surface area (Å²) in [5.74, 6) is 0.784. The molecule has 1 amide bonds. The molecular weight excluding hydrogens is 453 g/mol. The Morgan fingerprint density at radius 1 is 1.12 bits per heavy atom. The minimum Gasteiger partial charge on any atom is -0.383 e. The van der Waals surface area contributed by atoms with Gasteiger partial charge < -0.3 is 9.64 Å². The highest BCUT2D eigenvalue weighted by Gasteiger charge is 2.26. The molecule has 0 atom stereocenters. The number of thioether (sulfide) groups is 1. The van der Waals surface area contributed by atoms with Crippen LogP contribution in [0, 0.1) is 5.82 Å². The molecule has 0 bridgehead atoms. The molecule has 4 rings (SSSR count). The summed E-state index contributed by atoms with van der Waals surface area (Å²) in [6.07, 6.45) is 8.93. The number of nitrogens with zero attached hydrogens (tertiary/aromatic N) is 5. The first-order valence-electron chi connectivity index (χ1n) is 11.6. The number of methoxy groups -OCH3 is 1. The van der Waals surface area contributed by atoms with Crippen molar-refractivity contribution in [1.82, 2.24) is 24.6 Å². The smallest absolute Gasteiger partial charge is 0.233 e. The molecule has 2 aromatic heterocycles. The average Bonchev–Trinajstić information content (AvgIpc) is 3.29. The Kier molecular flexibility index (Phi) is 8.65. The van der Waals surface area contributed by atoms with Crippen molar-refractivity contribution < 1.29 is 13.9 Å². The molecule has 2 heterocycles. The highest BCUT2D eigenvalue weighted by Crippen LogP contribution is 2.27. The zero-order valence-electron chi connectivity index (χ0n) is 19.4. The van der Waals surface area contributed by atoms with E-state index in [1.807, 2.05) is 21.6 Å². The van der Waals surface area contributed by atoms with Crippen LogP contribution in [0.15, 0.2) is 53.9 Å². The summed E-state index contributed by atoms with van der Waals surface area (Å²) in [5.41, 5.74) is 1.85. The van der Waals surface area contributed by atoms with Crippen LogP contribution in [-0.2, 0) is 22.6 Å². The van der Waals surface area contributed by atoms with Crippen molar-refractivity contribution in [2.24, 2.45) is 0 Å². The molecule has 180 valence electrons. The summed E-state index contributed by atoms with van der Waals surface area (Å²) in [4.78, 5) is 19.5. The van der Waals surface area contributed by atoms with Crippen LogP contribution in [0.3, 0.4) is 0 Å². The van der Waals surface area contributed by atoms with Gasteiger partial charge in [-0.3, -0.25) is 14.3 Å². The lowest BCUT2D eigenvalue weighted by molar-refractivity contribution is -0.132. The van der Waals surface area contributed by atoms with Gasteiger partial charge in [-0.1, -0.05) is 43.2 Å². The third kappa shape index (κ3) is 6.21. The predicted octanol–water partition coefficient (Wildman–Crippen LogP) is 4.58. The molecule has 3 aromatic rings. The number of carbonyl (C=O) groups excluding carboxylic acids is 1. The van der Waals surface area contributed by atoms with Gasteiger partial charge in [0.05, 0.1) is 18.9 Å². The van der Waals surface area contributed by atoms with Crippen LogP contribution >= 0.6 is 11.8 Å². The van der Waals surface area contributed by atoms with Crippen molar-refractivity contribution in [3.8, 4) is 11.4 Å². The summed E-state index contributed by atoms with van der Waals surface area (Å²) in [5, 5.41) is 9.43. The first-order valence-corrected chi connectivity index (χ1v) is 12.6. The van der Waals surface area contributed by atoms with Gasteiger partial charge in [-0.2, -0.15) is 0 Å². The van der Waals surface area contributed by atoms with Crippen LogP contribution in [0.4, 0.5) is 4.39 Å². The molecule has 1 fully saturated rings. The molecule has 34 heavy (non-hydrogen) atoms. The maximum Gasteiger partial charge on any atom is 0.233 e. The molecule has 0 spiro atoms. The second-order valence-electron chi connectivity index (χ2n) is 8.42. The number of hydrogen-bond acceptors (Lipinski definition) is 6. The molecule has 1 aromatic carbocycles. The summed E-state index contributed by atoms with van der Waals surface area (Å²) in [6, 6.07) is 10.4. The minimum atomic E-state index is -0.268. The number of pyridine rings is 1. The van der Waals surface area contributed by atoms with Gasteiger partial charge >= 0.3 is 0 Å². The Morgan fingerprint density at radius 2 is 1.85 bits per heavy atom. The Morgan fingerprint density at radius 3 is 2.56 bits per heavy atom. The van der Waals surface area contributed by atoms with Crippen molar-refractivity contribution in [3.05, 3.63) is 60.2 Å². The lowest BCUT2D eigenvalue weighted by Crippen LogP contribution is -2.42. The van der Waals surface area contributed by atoms with Crippen LogP contribution in [-0.4, -0.2) is 56.1 Å². The van der Waals surface area contributed by atoms with Crippen LogP contribution in [0.2, 0.25) is 0 Å². The fourth-order valence-electron chi connectivity index (χ4n) is 4.30. The molecule has 0 saturated heterocycles. The largest absolute Gasteiger partial charge is 0.383 e. The van der Waals surface area contributed by atoms with Gasteiger partial charge in [0.2, 0.25) is 5.91 Å². The topological polar surface area (TPSA) is 73.1 Å². The molecule has 1 saturated carbocycles. The van der Waals surface area contributed by atoms with Crippen molar-refractivity contribution >= 4 is 17.7 Å². The highest BCUT2D eigenvalue weighted by atomic mass is 32.2. The second kappa shape index (κ2) is 12.1. The van der Waals surface area contributed by atoms with Crippen molar-refractivity contribution in [1.29, 1.82) is 0 Å². The standard InChI is InChI=1S/C25H30FN5O2S/c1-33-16-15-30-24(20-11-13-27-14-12-20)28-29-25(30)34-18-23(32)31(22-5-3-2-4-6-22)17-19-7-9-21(26)10-8-19/h7-14,22H,2-6,15-18H2,1H3. The zero-order chi connectivity index (χ0) is 23.8. The number of carbonyl (C=O) groups is 1. The van der Waals surface area contributed by atoms with E-state index >= 15 is 0 Å². The van der Waals surface area contributed by atoms with Crippen LogP contribution < -0.4 is 0 Å². The average molecular weight is 484 g/mol. The Balaban J connectivity index is 1.50. The van der Waals surface area contributed by atoms with Crippen LogP contribution in [0.1, 0.15) is 37.7 Å². The van der Waals surface area contributed by atoms with Crippen molar-refractivity contribution in [2.45, 2.75) is 56.4 Å². The fourth-order valence-corrected chi connectivity index (χ4v) is 5.15. The van der Waals surface area contributed by atoms with Gasteiger partial charge in [0.25, 0.3) is 0 Å². The molecule has 0 radical (unpaired) electrons. The first-order chi connectivity index (χ1) is 16.7. The summed E-state index contributed by atoms with van der Waals surface area (Å²) in [6.45, 7) is 1.58. The molecular formula is C25H30FN5O2S. The number of halogens is 1. The SMILES string of the molecule is COCCn1c(SCC(=O)N(Cc2ccc(F)cc2)C2CCCCC2)nnc1-c1ccncc1. The lowest BCUT2D eigenvalue weighted by atomic mass is 9.94. The van der Waals surface area contributed by atoms with Gasteiger partial charge in [0, 0.05) is 37.7 Å². The summed E-state index contributed by atoms with van der Waals surface area (Å²) < 4.78 is 20.7. The number of hydrogen-bond donors (Lipinski definition) is 0. The van der Waals surface area contributed by atoms with Crippen molar-refractivity contribution in [3.63, 3.8) is 0 Å². The molecule has 7 nitrogen and oxygen atoms in total. The molecule has 9 heteroatoms. The highest BCUT2D eigenvalue weighted by molar-refractivity contribution is 7.99. The van der Waals surface area contributed by atoms with Gasteiger partial charge in [-0.15, -0.1) is 10.2 Å². The fraction of sp³-hybridized carbons (Fsp3) is 0.440. The third-order valence-electron chi connectivity index (χ3n) is 6.10. The molecule has 1 aliphatic carbocycles. The van der Waals surface area contributed by atoms with E-state index in [1.165, 1.54) is 30.3 Å². The normalized spacial score (nSPS) is 14.3. The maximum atomic E-state index is 13.4. The summed E-state index contributed by atoms with van der Waals surface area (Å²) in [7, 11) is 1.66.